The van der Waals surface area contributed by atoms with E-state index in [4.69, 9.17) is 9.47 Å². The molecule has 1 aliphatic rings. The van der Waals surface area contributed by atoms with Gasteiger partial charge >= 0.3 is 11.9 Å². The maximum Gasteiger partial charge on any atom is 0.347 e. The molecule has 1 saturated heterocycles. The number of rotatable bonds is 4. The second kappa shape index (κ2) is 6.30. The van der Waals surface area contributed by atoms with Gasteiger partial charge in [-0.25, -0.2) is 9.59 Å². The molecule has 0 radical (unpaired) electrons. The van der Waals surface area contributed by atoms with Crippen LogP contribution >= 0.6 is 0 Å². The Kier molecular flexibility index (Phi) is 4.05. The summed E-state index contributed by atoms with van der Waals surface area (Å²) in [5, 5.41) is 3.17. The number of carbonyl (C=O) groups is 2. The minimum atomic E-state index is -0.808. The van der Waals surface area contributed by atoms with Crippen molar-refractivity contribution in [2.45, 2.75) is 12.5 Å². The number of benzene rings is 2. The van der Waals surface area contributed by atoms with Gasteiger partial charge in [-0.2, -0.15) is 0 Å². The Hall–Kier alpha value is -2.82. The van der Waals surface area contributed by atoms with Crippen molar-refractivity contribution in [2.75, 3.05) is 11.9 Å². The van der Waals surface area contributed by atoms with Crippen LogP contribution < -0.4 is 5.32 Å². The molecule has 0 saturated carbocycles. The van der Waals surface area contributed by atoms with Crippen molar-refractivity contribution in [3.8, 4) is 0 Å². The van der Waals surface area contributed by atoms with E-state index in [0.717, 1.165) is 5.69 Å². The fraction of sp³-hybridized carbons (Fsp3) is 0.176. The SMILES string of the molecule is O=C(O[C@H]1CCOC1=O)c1ccccc1Nc1ccccc1. The number of ether oxygens (including phenoxy) is 2. The number of hydrogen-bond donors (Lipinski definition) is 1. The quantitative estimate of drug-likeness (QED) is 0.879. The average Bonchev–Trinajstić information content (AvgIpc) is 2.94. The first-order chi connectivity index (χ1) is 10.7. The Bertz CT molecular complexity index is 684. The third-order valence-corrected chi connectivity index (χ3v) is 3.34. The lowest BCUT2D eigenvalue weighted by molar-refractivity contribution is -0.145. The molecule has 1 atom stereocenters. The molecule has 0 spiro atoms. The fourth-order valence-electron chi connectivity index (χ4n) is 2.22. The van der Waals surface area contributed by atoms with Crippen LogP contribution in [0.1, 0.15) is 16.8 Å². The van der Waals surface area contributed by atoms with Crippen LogP contribution in [0.4, 0.5) is 11.4 Å². The number of para-hydroxylation sites is 2. The standard InChI is InChI=1S/C17H15NO4/c19-16(22-15-10-11-21-17(15)20)13-8-4-5-9-14(13)18-12-6-2-1-3-7-12/h1-9,15,18H,10-11H2/t15-/m0/s1. The molecule has 0 aliphatic carbocycles. The second-order valence-electron chi connectivity index (χ2n) is 4.89. The van der Waals surface area contributed by atoms with Gasteiger partial charge in [0, 0.05) is 12.1 Å². The summed E-state index contributed by atoms with van der Waals surface area (Å²) in [4.78, 5) is 23.7. The van der Waals surface area contributed by atoms with Gasteiger partial charge in [0.2, 0.25) is 6.10 Å². The second-order valence-corrected chi connectivity index (χ2v) is 4.89. The smallest absolute Gasteiger partial charge is 0.347 e. The van der Waals surface area contributed by atoms with Gasteiger partial charge in [0.15, 0.2) is 0 Å². The van der Waals surface area contributed by atoms with E-state index in [1.165, 1.54) is 0 Å². The van der Waals surface area contributed by atoms with Crippen LogP contribution in [0.3, 0.4) is 0 Å². The van der Waals surface area contributed by atoms with Crippen molar-refractivity contribution in [2.24, 2.45) is 0 Å². The van der Waals surface area contributed by atoms with Crippen molar-refractivity contribution in [1.82, 2.24) is 0 Å². The molecule has 1 N–H and O–H groups in total. The molecule has 5 nitrogen and oxygen atoms in total. The molecule has 22 heavy (non-hydrogen) atoms. The molecule has 0 amide bonds. The molecule has 2 aromatic rings. The molecule has 3 rings (SSSR count). The van der Waals surface area contributed by atoms with Gasteiger partial charge in [0.05, 0.1) is 17.9 Å². The van der Waals surface area contributed by atoms with E-state index in [0.29, 0.717) is 24.3 Å². The summed E-state index contributed by atoms with van der Waals surface area (Å²) in [6.45, 7) is 0.292. The van der Waals surface area contributed by atoms with E-state index in [9.17, 15) is 9.59 Å². The zero-order chi connectivity index (χ0) is 15.4. The average molecular weight is 297 g/mol. The lowest BCUT2D eigenvalue weighted by atomic mass is 10.1. The third-order valence-electron chi connectivity index (χ3n) is 3.34. The lowest BCUT2D eigenvalue weighted by Crippen LogP contribution is -2.23. The number of nitrogens with one attached hydrogen (secondary N) is 1. The highest BCUT2D eigenvalue weighted by Gasteiger charge is 2.31. The topological polar surface area (TPSA) is 64.6 Å². The normalized spacial score (nSPS) is 16.9. The van der Waals surface area contributed by atoms with E-state index in [-0.39, 0.29) is 0 Å². The number of hydrogen-bond acceptors (Lipinski definition) is 5. The molecule has 112 valence electrons. The Morgan fingerprint density at radius 3 is 2.55 bits per heavy atom. The Balaban J connectivity index is 1.78. The maximum absolute atomic E-state index is 12.3. The number of cyclic esters (lactones) is 1. The molecule has 1 aliphatic heterocycles. The van der Waals surface area contributed by atoms with Crippen LogP contribution in [0.5, 0.6) is 0 Å². The van der Waals surface area contributed by atoms with Gasteiger partial charge in [-0.3, -0.25) is 0 Å². The number of anilines is 2. The third kappa shape index (κ3) is 3.09. The minimum absolute atomic E-state index is 0.292. The summed E-state index contributed by atoms with van der Waals surface area (Å²) in [5.74, 6) is -1.02. The van der Waals surface area contributed by atoms with Crippen LogP contribution in [-0.4, -0.2) is 24.6 Å². The molecule has 2 aromatic carbocycles. The van der Waals surface area contributed by atoms with Gasteiger partial charge in [-0.15, -0.1) is 0 Å². The first-order valence-corrected chi connectivity index (χ1v) is 7.03. The summed E-state index contributed by atoms with van der Waals surface area (Å²) < 4.78 is 10.0. The van der Waals surface area contributed by atoms with Crippen molar-refractivity contribution in [3.05, 3.63) is 60.2 Å². The van der Waals surface area contributed by atoms with E-state index in [1.54, 1.807) is 18.2 Å². The molecular weight excluding hydrogens is 282 g/mol. The molecule has 0 aromatic heterocycles. The van der Waals surface area contributed by atoms with E-state index >= 15 is 0 Å². The van der Waals surface area contributed by atoms with Crippen molar-refractivity contribution >= 4 is 23.3 Å². The maximum atomic E-state index is 12.3. The van der Waals surface area contributed by atoms with Gasteiger partial charge in [0.1, 0.15) is 0 Å². The fourth-order valence-corrected chi connectivity index (χ4v) is 2.22. The predicted octanol–water partition coefficient (Wildman–Crippen LogP) is 2.90. The highest BCUT2D eigenvalue weighted by atomic mass is 16.6. The first-order valence-electron chi connectivity index (χ1n) is 7.03. The summed E-state index contributed by atoms with van der Waals surface area (Å²) in [6, 6.07) is 16.5. The minimum Gasteiger partial charge on any atom is -0.463 e. The number of carbonyl (C=O) groups excluding carboxylic acids is 2. The van der Waals surface area contributed by atoms with E-state index in [1.807, 2.05) is 36.4 Å². The van der Waals surface area contributed by atoms with E-state index in [2.05, 4.69) is 5.32 Å². The van der Waals surface area contributed by atoms with Crippen LogP contribution in [0, 0.1) is 0 Å². The van der Waals surface area contributed by atoms with Crippen LogP contribution in [0.25, 0.3) is 0 Å². The molecule has 5 heteroatoms. The van der Waals surface area contributed by atoms with Crippen molar-refractivity contribution < 1.29 is 19.1 Å². The van der Waals surface area contributed by atoms with Crippen molar-refractivity contribution in [1.29, 1.82) is 0 Å². The molecule has 1 fully saturated rings. The lowest BCUT2D eigenvalue weighted by Gasteiger charge is -2.13. The summed E-state index contributed by atoms with van der Waals surface area (Å²) in [6.07, 6.45) is -0.406. The predicted molar refractivity (Wildman–Crippen MR) is 80.9 cm³/mol. The Morgan fingerprint density at radius 1 is 1.09 bits per heavy atom. The molecular formula is C17H15NO4. The molecule has 1 heterocycles. The zero-order valence-corrected chi connectivity index (χ0v) is 11.8. The van der Waals surface area contributed by atoms with Crippen LogP contribution in [0.15, 0.2) is 54.6 Å². The van der Waals surface area contributed by atoms with Gasteiger partial charge < -0.3 is 14.8 Å². The Labute approximate surface area is 127 Å². The zero-order valence-electron chi connectivity index (χ0n) is 11.8. The molecule has 0 unspecified atom stereocenters. The van der Waals surface area contributed by atoms with Crippen LogP contribution in [-0.2, 0) is 14.3 Å². The largest absolute Gasteiger partial charge is 0.463 e. The summed E-state index contributed by atoms with van der Waals surface area (Å²) >= 11 is 0. The van der Waals surface area contributed by atoms with Gasteiger partial charge in [-0.05, 0) is 24.3 Å². The number of esters is 2. The van der Waals surface area contributed by atoms with Crippen molar-refractivity contribution in [3.63, 3.8) is 0 Å². The van der Waals surface area contributed by atoms with E-state index < -0.39 is 18.0 Å². The highest BCUT2D eigenvalue weighted by Crippen LogP contribution is 2.23. The first kappa shape index (κ1) is 14.1. The molecule has 0 bridgehead atoms. The summed E-state index contributed by atoms with van der Waals surface area (Å²) in [5.41, 5.74) is 1.87. The summed E-state index contributed by atoms with van der Waals surface area (Å²) in [7, 11) is 0. The van der Waals surface area contributed by atoms with Crippen LogP contribution in [0.2, 0.25) is 0 Å². The monoisotopic (exact) mass is 297 g/mol. The Morgan fingerprint density at radius 2 is 1.82 bits per heavy atom. The van der Waals surface area contributed by atoms with Gasteiger partial charge in [0.25, 0.3) is 0 Å². The highest BCUT2D eigenvalue weighted by molar-refractivity contribution is 5.97. The van der Waals surface area contributed by atoms with Gasteiger partial charge in [-0.1, -0.05) is 30.3 Å².